The molecule has 1 radical (unpaired) electrons. The molecular formula is C36H44V. The van der Waals surface area contributed by atoms with Gasteiger partial charge in [-0.1, -0.05) is 83.1 Å². The Balaban J connectivity index is 0.000000463. The van der Waals surface area contributed by atoms with Crippen molar-refractivity contribution < 1.29 is 18.6 Å². The maximum atomic E-state index is 3.21. The van der Waals surface area contributed by atoms with E-state index in [1.807, 2.05) is 0 Å². The van der Waals surface area contributed by atoms with Crippen LogP contribution < -0.4 is 0 Å². The molecule has 0 unspecified atom stereocenters. The zero-order valence-corrected chi connectivity index (χ0v) is 26.5. The van der Waals surface area contributed by atoms with Gasteiger partial charge < -0.3 is 0 Å². The van der Waals surface area contributed by atoms with Crippen LogP contribution in [0.4, 0.5) is 0 Å². The molecule has 0 aliphatic rings. The van der Waals surface area contributed by atoms with E-state index in [1.54, 1.807) is 0 Å². The van der Waals surface area contributed by atoms with Crippen molar-refractivity contribution >= 4 is 0 Å². The third-order valence-electron chi connectivity index (χ3n) is 5.13. The molecule has 4 rings (SSSR count). The van der Waals surface area contributed by atoms with Crippen molar-refractivity contribution in [2.75, 3.05) is 0 Å². The zero-order chi connectivity index (χ0) is 27.4. The number of rotatable bonds is 0. The van der Waals surface area contributed by atoms with E-state index in [0.29, 0.717) is 0 Å². The summed E-state index contributed by atoms with van der Waals surface area (Å²) < 4.78 is 0. The van der Waals surface area contributed by atoms with Crippen LogP contribution in [0.2, 0.25) is 0 Å². The smallest absolute Gasteiger partial charge is 0.177 e. The molecule has 1 heteroatoms. The molecular weight excluding hydrogens is 483 g/mol. The van der Waals surface area contributed by atoms with Crippen LogP contribution in [-0.2, 0) is 18.6 Å². The van der Waals surface area contributed by atoms with Crippen molar-refractivity contribution in [1.82, 2.24) is 0 Å². The first-order chi connectivity index (χ1) is 16.7. The van der Waals surface area contributed by atoms with E-state index >= 15 is 0 Å². The Hall–Kier alpha value is -2.54. The molecule has 0 fully saturated rings. The minimum absolute atomic E-state index is 0. The number of benzene rings is 4. The summed E-state index contributed by atoms with van der Waals surface area (Å²) >= 11 is 0. The summed E-state index contributed by atoms with van der Waals surface area (Å²) in [6, 6.07) is 29.9. The van der Waals surface area contributed by atoms with Gasteiger partial charge in [-0.25, -0.2) is 0 Å². The third-order valence-corrected chi connectivity index (χ3v) is 5.13. The van der Waals surface area contributed by atoms with Gasteiger partial charge in [0, 0.05) is 0 Å². The summed E-state index contributed by atoms with van der Waals surface area (Å²) in [5.41, 5.74) is 15.1. The van der Waals surface area contributed by atoms with E-state index in [9.17, 15) is 0 Å². The first-order valence-corrected chi connectivity index (χ1v) is 12.6. The zero-order valence-electron chi connectivity index (χ0n) is 25.1. The van der Waals surface area contributed by atoms with E-state index in [1.165, 1.54) is 66.8 Å². The van der Waals surface area contributed by atoms with Crippen LogP contribution in [-0.4, -0.2) is 0 Å². The molecule has 0 aromatic heterocycles. The van der Waals surface area contributed by atoms with E-state index < -0.39 is 0 Å². The van der Waals surface area contributed by atoms with Crippen molar-refractivity contribution in [1.29, 1.82) is 0 Å². The van der Waals surface area contributed by atoms with Gasteiger partial charge in [0.2, 0.25) is 0 Å². The largest absolute Gasteiger partial charge is 4.00 e. The Morgan fingerprint density at radius 3 is 0.459 bits per heavy atom. The van der Waals surface area contributed by atoms with Crippen LogP contribution in [0.3, 0.4) is 0 Å². The molecule has 0 saturated carbocycles. The monoisotopic (exact) mass is 527 g/mol. The molecule has 4 aromatic carbocycles. The molecule has 0 saturated heterocycles. The molecule has 193 valence electrons. The van der Waals surface area contributed by atoms with Gasteiger partial charge in [0.15, 0.2) is 0 Å². The topological polar surface area (TPSA) is 0 Å². The Morgan fingerprint density at radius 1 is 0.270 bits per heavy atom. The average Bonchev–Trinajstić information content (AvgIpc) is 2.64. The molecule has 0 atom stereocenters. The minimum Gasteiger partial charge on any atom is -0.177 e. The van der Waals surface area contributed by atoms with Crippen LogP contribution >= 0.6 is 0 Å². The molecule has 0 bridgehead atoms. The molecule has 4 aromatic rings. The number of hydrogen-bond acceptors (Lipinski definition) is 0. The Kier molecular flexibility index (Phi) is 15.9. The molecule has 0 heterocycles. The second kappa shape index (κ2) is 17.1. The molecule has 0 nitrogen and oxygen atoms in total. The average molecular weight is 528 g/mol. The predicted molar refractivity (Wildman–Crippen MR) is 158 cm³/mol. The van der Waals surface area contributed by atoms with E-state index in [2.05, 4.69) is 156 Å². The summed E-state index contributed by atoms with van der Waals surface area (Å²) in [4.78, 5) is 0. The summed E-state index contributed by atoms with van der Waals surface area (Å²) in [6.07, 6.45) is 0. The fourth-order valence-electron chi connectivity index (χ4n) is 4.43. The molecule has 0 aliphatic carbocycles. The van der Waals surface area contributed by atoms with Crippen LogP contribution in [0.1, 0.15) is 66.8 Å². The van der Waals surface area contributed by atoms with Gasteiger partial charge in [0.1, 0.15) is 0 Å². The predicted octanol–water partition coefficient (Wildman–Crippen LogP) is 9.65. The fourth-order valence-corrected chi connectivity index (χ4v) is 4.43. The van der Waals surface area contributed by atoms with Crippen molar-refractivity contribution in [2.24, 2.45) is 0 Å². The fraction of sp³-hybridized carbons (Fsp3) is 0.333. The van der Waals surface area contributed by atoms with Gasteiger partial charge in [-0.05, 0) is 0 Å². The quantitative estimate of drug-likeness (QED) is 0.200. The van der Waals surface area contributed by atoms with Gasteiger partial charge in [-0.15, -0.1) is 0 Å². The van der Waals surface area contributed by atoms with Crippen molar-refractivity contribution in [2.45, 2.75) is 83.1 Å². The molecule has 0 amide bonds. The van der Waals surface area contributed by atoms with Crippen LogP contribution in [0.15, 0.2) is 48.5 Å². The summed E-state index contributed by atoms with van der Waals surface area (Å²) in [7, 11) is 0. The van der Waals surface area contributed by atoms with Crippen molar-refractivity contribution in [3.05, 3.63) is 140 Å². The summed E-state index contributed by atoms with van der Waals surface area (Å²) in [5.74, 6) is 0. The van der Waals surface area contributed by atoms with Gasteiger partial charge >= 0.3 is 18.6 Å². The molecule has 37 heavy (non-hydrogen) atoms. The normalized spacial score (nSPS) is 9.41. The Bertz CT molecular complexity index is 848. The second-order valence-corrected chi connectivity index (χ2v) is 10.1. The third kappa shape index (κ3) is 16.0. The van der Waals surface area contributed by atoms with Gasteiger partial charge in [0.25, 0.3) is 0 Å². The number of aryl methyl sites for hydroxylation is 12. The second-order valence-electron chi connectivity index (χ2n) is 10.1. The van der Waals surface area contributed by atoms with Gasteiger partial charge in [0.05, 0.1) is 0 Å². The van der Waals surface area contributed by atoms with Crippen molar-refractivity contribution in [3.63, 3.8) is 0 Å². The standard InChI is InChI=1S/4C9H11.V/c4*1-7-4-8(2)6-9(3)5-7;/h4*4-5H,1-3H3;/q4*-1;+4. The maximum Gasteiger partial charge on any atom is 4.00 e. The molecule has 0 N–H and O–H groups in total. The SMILES string of the molecule is Cc1[c-]c(C)cc(C)c1.Cc1[c-]c(C)cc(C)c1.Cc1[c-]c(C)cc(C)c1.Cc1[c-]c(C)cc(C)c1.[V+4]. The van der Waals surface area contributed by atoms with Crippen molar-refractivity contribution in [3.8, 4) is 0 Å². The molecule has 0 spiro atoms. The first kappa shape index (κ1) is 34.5. The van der Waals surface area contributed by atoms with Crippen LogP contribution in [0.5, 0.6) is 0 Å². The maximum absolute atomic E-state index is 3.21. The number of hydrogen-bond donors (Lipinski definition) is 0. The van der Waals surface area contributed by atoms with Gasteiger partial charge in [-0.3, -0.25) is 0 Å². The van der Waals surface area contributed by atoms with E-state index in [0.717, 1.165) is 0 Å². The van der Waals surface area contributed by atoms with Gasteiger partial charge in [-0.2, -0.15) is 140 Å². The Labute approximate surface area is 240 Å². The first-order valence-electron chi connectivity index (χ1n) is 12.6. The van der Waals surface area contributed by atoms with Crippen LogP contribution in [0.25, 0.3) is 0 Å². The van der Waals surface area contributed by atoms with E-state index in [-0.39, 0.29) is 18.6 Å². The summed E-state index contributed by atoms with van der Waals surface area (Å²) in [6.45, 7) is 25.0. The Morgan fingerprint density at radius 2 is 0.378 bits per heavy atom. The van der Waals surface area contributed by atoms with Crippen LogP contribution in [0, 0.1) is 107 Å². The minimum atomic E-state index is 0. The van der Waals surface area contributed by atoms with E-state index in [4.69, 9.17) is 0 Å². The molecule has 0 aliphatic heterocycles. The summed E-state index contributed by atoms with van der Waals surface area (Å²) in [5, 5.41) is 0.